The normalized spacial score (nSPS) is 34.5. The van der Waals surface area contributed by atoms with Crippen LogP contribution in [0, 0.1) is 18.8 Å². The zero-order valence-electron chi connectivity index (χ0n) is 9.59. The summed E-state index contributed by atoms with van der Waals surface area (Å²) in [6, 6.07) is 2.00. The summed E-state index contributed by atoms with van der Waals surface area (Å²) < 4.78 is 5.07. The Kier molecular flexibility index (Phi) is 2.48. The van der Waals surface area contributed by atoms with Gasteiger partial charge in [-0.05, 0) is 31.6 Å². The first-order chi connectivity index (χ1) is 7.70. The van der Waals surface area contributed by atoms with Gasteiger partial charge in [-0.2, -0.15) is 0 Å². The maximum atomic E-state index is 9.57. The molecule has 0 spiro atoms. The highest BCUT2D eigenvalue weighted by Crippen LogP contribution is 2.38. The summed E-state index contributed by atoms with van der Waals surface area (Å²) in [6.07, 6.45) is 1.92. The first-order valence-corrected chi connectivity index (χ1v) is 6.03. The molecule has 2 fully saturated rings. The Bertz CT molecular complexity index is 363. The van der Waals surface area contributed by atoms with Crippen molar-refractivity contribution in [1.82, 2.24) is 10.1 Å². The number of aliphatic hydroxyl groups is 1. The van der Waals surface area contributed by atoms with Crippen LogP contribution < -0.4 is 0 Å². The largest absolute Gasteiger partial charge is 0.393 e. The van der Waals surface area contributed by atoms with Gasteiger partial charge in [-0.3, -0.25) is 4.90 Å². The molecule has 4 nitrogen and oxygen atoms in total. The second-order valence-electron chi connectivity index (χ2n) is 5.27. The van der Waals surface area contributed by atoms with Crippen molar-refractivity contribution < 1.29 is 9.63 Å². The summed E-state index contributed by atoms with van der Waals surface area (Å²) in [4.78, 5) is 2.43. The molecule has 0 radical (unpaired) electrons. The van der Waals surface area contributed by atoms with Gasteiger partial charge >= 0.3 is 0 Å². The lowest BCUT2D eigenvalue weighted by atomic mass is 10.0. The molecule has 1 saturated carbocycles. The van der Waals surface area contributed by atoms with E-state index in [1.807, 2.05) is 13.0 Å². The lowest BCUT2D eigenvalue weighted by Gasteiger charge is -2.15. The first-order valence-electron chi connectivity index (χ1n) is 6.03. The zero-order chi connectivity index (χ0) is 11.1. The molecular formula is C12H18N2O2. The molecule has 0 bridgehead atoms. The number of aromatic nitrogens is 1. The van der Waals surface area contributed by atoms with Crippen LogP contribution in [-0.2, 0) is 6.54 Å². The van der Waals surface area contributed by atoms with Crippen molar-refractivity contribution in [3.8, 4) is 0 Å². The molecule has 3 atom stereocenters. The van der Waals surface area contributed by atoms with Gasteiger partial charge in [0.05, 0.1) is 11.8 Å². The lowest BCUT2D eigenvalue weighted by Crippen LogP contribution is -2.22. The summed E-state index contributed by atoms with van der Waals surface area (Å²) >= 11 is 0. The second kappa shape index (κ2) is 3.86. The minimum atomic E-state index is -0.0496. The molecule has 2 aliphatic rings. The molecular weight excluding hydrogens is 204 g/mol. The Hall–Kier alpha value is -0.870. The average Bonchev–Trinajstić information content (AvgIpc) is 2.81. The quantitative estimate of drug-likeness (QED) is 0.816. The van der Waals surface area contributed by atoms with E-state index in [0.29, 0.717) is 11.8 Å². The first kappa shape index (κ1) is 10.3. The van der Waals surface area contributed by atoms with Crippen molar-refractivity contribution in [1.29, 1.82) is 0 Å². The Balaban J connectivity index is 1.59. The molecule has 88 valence electrons. The van der Waals surface area contributed by atoms with Crippen LogP contribution >= 0.6 is 0 Å². The minimum Gasteiger partial charge on any atom is -0.393 e. The van der Waals surface area contributed by atoms with Crippen LogP contribution in [0.1, 0.15) is 24.3 Å². The van der Waals surface area contributed by atoms with E-state index in [-0.39, 0.29) is 6.10 Å². The summed E-state index contributed by atoms with van der Waals surface area (Å²) in [5.41, 5.74) is 1.03. The third-order valence-corrected chi connectivity index (χ3v) is 3.86. The van der Waals surface area contributed by atoms with E-state index in [9.17, 15) is 5.11 Å². The number of fused-ring (bicyclic) bond motifs is 1. The zero-order valence-corrected chi connectivity index (χ0v) is 9.59. The van der Waals surface area contributed by atoms with E-state index >= 15 is 0 Å². The van der Waals surface area contributed by atoms with E-state index in [1.165, 1.54) is 0 Å². The van der Waals surface area contributed by atoms with Crippen LogP contribution in [0.2, 0.25) is 0 Å². The van der Waals surface area contributed by atoms with Gasteiger partial charge in [-0.25, -0.2) is 0 Å². The topological polar surface area (TPSA) is 49.5 Å². The lowest BCUT2D eigenvalue weighted by molar-refractivity contribution is 0.160. The van der Waals surface area contributed by atoms with Crippen molar-refractivity contribution in [2.45, 2.75) is 32.4 Å². The van der Waals surface area contributed by atoms with Gasteiger partial charge in [0, 0.05) is 25.7 Å². The Morgan fingerprint density at radius 2 is 2.12 bits per heavy atom. The second-order valence-corrected chi connectivity index (χ2v) is 5.27. The summed E-state index contributed by atoms with van der Waals surface area (Å²) in [6.45, 7) is 5.02. The predicted molar refractivity (Wildman–Crippen MR) is 58.7 cm³/mol. The van der Waals surface area contributed by atoms with Crippen molar-refractivity contribution in [2.24, 2.45) is 11.8 Å². The highest BCUT2D eigenvalue weighted by molar-refractivity contribution is 5.04. The van der Waals surface area contributed by atoms with E-state index in [0.717, 1.165) is 43.9 Å². The number of hydrogen-bond acceptors (Lipinski definition) is 4. The van der Waals surface area contributed by atoms with E-state index < -0.39 is 0 Å². The van der Waals surface area contributed by atoms with Gasteiger partial charge in [-0.1, -0.05) is 5.16 Å². The monoisotopic (exact) mass is 222 g/mol. The highest BCUT2D eigenvalue weighted by atomic mass is 16.5. The fourth-order valence-corrected chi connectivity index (χ4v) is 3.22. The molecule has 1 saturated heterocycles. The molecule has 1 aliphatic heterocycles. The number of nitrogens with zero attached hydrogens (tertiary/aromatic N) is 2. The van der Waals surface area contributed by atoms with Crippen LogP contribution in [0.4, 0.5) is 0 Å². The summed E-state index contributed by atoms with van der Waals surface area (Å²) in [5, 5.41) is 13.6. The van der Waals surface area contributed by atoms with Crippen molar-refractivity contribution in [2.75, 3.05) is 13.1 Å². The maximum absolute atomic E-state index is 9.57. The molecule has 2 heterocycles. The van der Waals surface area contributed by atoms with Crippen molar-refractivity contribution >= 4 is 0 Å². The molecule has 3 rings (SSSR count). The van der Waals surface area contributed by atoms with Crippen LogP contribution in [0.25, 0.3) is 0 Å². The third kappa shape index (κ3) is 1.87. The molecule has 1 aromatic rings. The Labute approximate surface area is 95.2 Å². The number of rotatable bonds is 2. The van der Waals surface area contributed by atoms with Crippen LogP contribution in [0.15, 0.2) is 10.6 Å². The smallest absolute Gasteiger partial charge is 0.133 e. The van der Waals surface area contributed by atoms with Crippen LogP contribution in [0.5, 0.6) is 0 Å². The molecule has 1 unspecified atom stereocenters. The van der Waals surface area contributed by atoms with Crippen LogP contribution in [-0.4, -0.2) is 34.4 Å². The maximum Gasteiger partial charge on any atom is 0.133 e. The molecule has 0 amide bonds. The highest BCUT2D eigenvalue weighted by Gasteiger charge is 2.40. The van der Waals surface area contributed by atoms with E-state index in [4.69, 9.17) is 4.52 Å². The van der Waals surface area contributed by atoms with Gasteiger partial charge < -0.3 is 9.63 Å². The SMILES string of the molecule is Cc1cc(CN2C[C@H]3CC(O)C[C@H]3C2)no1. The van der Waals surface area contributed by atoms with Crippen molar-refractivity contribution in [3.63, 3.8) is 0 Å². The fraction of sp³-hybridized carbons (Fsp3) is 0.750. The van der Waals surface area contributed by atoms with Gasteiger partial charge in [0.25, 0.3) is 0 Å². The minimum absolute atomic E-state index is 0.0496. The summed E-state index contributed by atoms with van der Waals surface area (Å²) in [5.74, 6) is 2.27. The molecule has 0 aromatic carbocycles. The Morgan fingerprint density at radius 3 is 2.69 bits per heavy atom. The number of likely N-dealkylation sites (tertiary alicyclic amines) is 1. The van der Waals surface area contributed by atoms with Gasteiger partial charge in [0.1, 0.15) is 5.76 Å². The van der Waals surface area contributed by atoms with E-state index in [2.05, 4.69) is 10.1 Å². The van der Waals surface area contributed by atoms with Gasteiger partial charge in [-0.15, -0.1) is 0 Å². The fourth-order valence-electron chi connectivity index (χ4n) is 3.22. The number of aryl methyl sites for hydroxylation is 1. The van der Waals surface area contributed by atoms with Crippen molar-refractivity contribution in [3.05, 3.63) is 17.5 Å². The van der Waals surface area contributed by atoms with Crippen LogP contribution in [0.3, 0.4) is 0 Å². The molecule has 1 aliphatic carbocycles. The average molecular weight is 222 g/mol. The third-order valence-electron chi connectivity index (χ3n) is 3.86. The molecule has 4 heteroatoms. The summed E-state index contributed by atoms with van der Waals surface area (Å²) in [7, 11) is 0. The molecule has 1 aromatic heterocycles. The standard InChI is InChI=1S/C12H18N2O2/c1-8-2-11(13-16-8)7-14-5-9-3-12(15)4-10(9)6-14/h2,9-10,12,15H,3-7H2,1H3/t9-,10+,12?. The number of hydrogen-bond donors (Lipinski definition) is 1. The van der Waals surface area contributed by atoms with Gasteiger partial charge in [0.2, 0.25) is 0 Å². The predicted octanol–water partition coefficient (Wildman–Crippen LogP) is 1.19. The number of aliphatic hydroxyl groups excluding tert-OH is 1. The molecule has 1 N–H and O–H groups in total. The Morgan fingerprint density at radius 1 is 1.44 bits per heavy atom. The van der Waals surface area contributed by atoms with E-state index in [1.54, 1.807) is 0 Å². The molecule has 16 heavy (non-hydrogen) atoms. The van der Waals surface area contributed by atoms with Gasteiger partial charge in [0.15, 0.2) is 0 Å².